The molecule has 0 aliphatic carbocycles. The minimum Gasteiger partial charge on any atom is -0.490 e. The largest absolute Gasteiger partial charge is 0.490 e. The number of carbonyl (C=O) groups is 2. The zero-order chi connectivity index (χ0) is 21.4. The fraction of sp³-hybridized carbons (Fsp3) is 0.429. The number of anilines is 1. The van der Waals surface area contributed by atoms with E-state index in [1.165, 1.54) is 17.4 Å². The fourth-order valence-electron chi connectivity index (χ4n) is 2.37. The third-order valence-electron chi connectivity index (χ3n) is 3.78. The molecule has 0 aliphatic heterocycles. The number of hydrogen-bond acceptors (Lipinski definition) is 7. The minimum absolute atomic E-state index is 0.0103. The van der Waals surface area contributed by atoms with Crippen LogP contribution >= 0.6 is 11.3 Å². The first-order valence-electron chi connectivity index (χ1n) is 9.41. The number of nitrogens with one attached hydrogen (secondary N) is 2. The smallest absolute Gasteiger partial charge is 0.341 e. The molecule has 7 nitrogen and oxygen atoms in total. The van der Waals surface area contributed by atoms with Crippen molar-refractivity contribution in [3.05, 3.63) is 46.2 Å². The molecule has 29 heavy (non-hydrogen) atoms. The number of benzene rings is 1. The Labute approximate surface area is 175 Å². The normalized spacial score (nSPS) is 12.3. The molecular weight excluding hydrogens is 392 g/mol. The molecule has 1 amide bonds. The summed E-state index contributed by atoms with van der Waals surface area (Å²) in [5.41, 5.74) is 0.514. The number of β-amino-alcohol motifs (C(OH)–C–C–N with tert-alkyl or cyclic N) is 1. The van der Waals surface area contributed by atoms with Crippen LogP contribution in [0.4, 0.5) is 5.69 Å². The summed E-state index contributed by atoms with van der Waals surface area (Å²) in [6.07, 6.45) is -0.748. The Morgan fingerprint density at radius 1 is 1.24 bits per heavy atom. The zero-order valence-corrected chi connectivity index (χ0v) is 18.0. The van der Waals surface area contributed by atoms with Gasteiger partial charge in [-0.3, -0.25) is 4.79 Å². The van der Waals surface area contributed by atoms with Crippen molar-refractivity contribution in [2.45, 2.75) is 39.3 Å². The van der Waals surface area contributed by atoms with Gasteiger partial charge >= 0.3 is 5.97 Å². The molecule has 3 N–H and O–H groups in total. The molecule has 0 aliphatic rings. The van der Waals surface area contributed by atoms with Crippen LogP contribution in [-0.2, 0) is 4.74 Å². The highest BCUT2D eigenvalue weighted by Gasteiger charge is 2.18. The number of thiophene rings is 1. The van der Waals surface area contributed by atoms with Crippen molar-refractivity contribution >= 4 is 28.9 Å². The number of ether oxygens (including phenoxy) is 2. The van der Waals surface area contributed by atoms with E-state index in [9.17, 15) is 14.7 Å². The summed E-state index contributed by atoms with van der Waals surface area (Å²) < 4.78 is 10.8. The van der Waals surface area contributed by atoms with Crippen LogP contribution in [0.15, 0.2) is 35.7 Å². The molecule has 0 fully saturated rings. The number of aliphatic hydroxyl groups is 1. The second kappa shape index (κ2) is 10.4. The minimum atomic E-state index is -0.748. The van der Waals surface area contributed by atoms with Gasteiger partial charge in [0.2, 0.25) is 0 Å². The second-order valence-electron chi connectivity index (χ2n) is 7.46. The van der Waals surface area contributed by atoms with Gasteiger partial charge in [0.25, 0.3) is 5.91 Å². The lowest BCUT2D eigenvalue weighted by Gasteiger charge is -2.23. The maximum atomic E-state index is 12.3. The molecule has 0 spiro atoms. The van der Waals surface area contributed by atoms with E-state index < -0.39 is 12.1 Å². The lowest BCUT2D eigenvalue weighted by Crippen LogP contribution is -2.42. The van der Waals surface area contributed by atoms with Gasteiger partial charge in [-0.15, -0.1) is 11.3 Å². The maximum Gasteiger partial charge on any atom is 0.341 e. The van der Waals surface area contributed by atoms with Gasteiger partial charge in [0, 0.05) is 17.8 Å². The van der Waals surface area contributed by atoms with Crippen molar-refractivity contribution in [2.24, 2.45) is 0 Å². The average Bonchev–Trinajstić information content (AvgIpc) is 3.20. The van der Waals surface area contributed by atoms with E-state index >= 15 is 0 Å². The van der Waals surface area contributed by atoms with Crippen molar-refractivity contribution < 1.29 is 24.2 Å². The molecule has 0 saturated heterocycles. The van der Waals surface area contributed by atoms with Crippen molar-refractivity contribution in [3.8, 4) is 5.75 Å². The summed E-state index contributed by atoms with van der Waals surface area (Å²) in [7, 11) is 0. The van der Waals surface area contributed by atoms with Crippen LogP contribution in [0.3, 0.4) is 0 Å². The van der Waals surface area contributed by atoms with Crippen molar-refractivity contribution in [1.29, 1.82) is 0 Å². The molecule has 1 heterocycles. The lowest BCUT2D eigenvalue weighted by molar-refractivity contribution is 0.0515. The molecule has 0 unspecified atom stereocenters. The summed E-state index contributed by atoms with van der Waals surface area (Å²) in [4.78, 5) is 25.2. The number of esters is 1. The van der Waals surface area contributed by atoms with Gasteiger partial charge < -0.3 is 25.2 Å². The highest BCUT2D eigenvalue weighted by atomic mass is 32.1. The standard InChI is InChI=1S/C21H28N2O5S/c1-5-27-20(26)16-11-14(23-19(25)18-7-6-10-29-18)8-9-17(16)28-13-15(24)12-22-21(2,3)4/h6-11,15,22,24H,5,12-13H2,1-4H3,(H,23,25)/t15-/m0/s1. The van der Waals surface area contributed by atoms with Crippen molar-refractivity contribution in [3.63, 3.8) is 0 Å². The van der Waals surface area contributed by atoms with Crippen LogP contribution in [0.25, 0.3) is 0 Å². The van der Waals surface area contributed by atoms with Crippen LogP contribution in [0.2, 0.25) is 0 Å². The van der Waals surface area contributed by atoms with Crippen LogP contribution in [0, 0.1) is 0 Å². The van der Waals surface area contributed by atoms with Gasteiger partial charge in [0.1, 0.15) is 24.0 Å². The predicted molar refractivity (Wildman–Crippen MR) is 114 cm³/mol. The van der Waals surface area contributed by atoms with Gasteiger partial charge in [-0.05, 0) is 57.3 Å². The van der Waals surface area contributed by atoms with E-state index in [-0.39, 0.29) is 36.0 Å². The molecular formula is C21H28N2O5S. The first-order valence-corrected chi connectivity index (χ1v) is 10.3. The Morgan fingerprint density at radius 2 is 2.00 bits per heavy atom. The summed E-state index contributed by atoms with van der Waals surface area (Å²) in [6, 6.07) is 8.25. The molecule has 1 atom stereocenters. The molecule has 1 aromatic heterocycles. The molecule has 158 valence electrons. The molecule has 2 rings (SSSR count). The Bertz CT molecular complexity index is 815. The third kappa shape index (κ3) is 7.49. The quantitative estimate of drug-likeness (QED) is 0.539. The zero-order valence-electron chi connectivity index (χ0n) is 17.2. The van der Waals surface area contributed by atoms with Crippen LogP contribution < -0.4 is 15.4 Å². The number of carbonyl (C=O) groups excluding carboxylic acids is 2. The van der Waals surface area contributed by atoms with Crippen molar-refractivity contribution in [2.75, 3.05) is 25.1 Å². The molecule has 2 aromatic rings. The highest BCUT2D eigenvalue weighted by molar-refractivity contribution is 7.12. The topological polar surface area (TPSA) is 96.9 Å². The maximum absolute atomic E-state index is 12.3. The van der Waals surface area contributed by atoms with E-state index in [2.05, 4.69) is 10.6 Å². The number of hydrogen-bond donors (Lipinski definition) is 3. The SMILES string of the molecule is CCOC(=O)c1cc(NC(=O)c2cccs2)ccc1OC[C@@H](O)CNC(C)(C)C. The van der Waals surface area contributed by atoms with E-state index in [1.54, 1.807) is 31.2 Å². The van der Waals surface area contributed by atoms with Crippen LogP contribution in [0.1, 0.15) is 47.7 Å². The number of amides is 1. The van der Waals surface area contributed by atoms with E-state index in [1.807, 2.05) is 26.2 Å². The first-order chi connectivity index (χ1) is 13.7. The Balaban J connectivity index is 2.10. The van der Waals surface area contributed by atoms with Gasteiger partial charge in [0.05, 0.1) is 11.5 Å². The fourth-order valence-corrected chi connectivity index (χ4v) is 2.99. The van der Waals surface area contributed by atoms with Gasteiger partial charge in [0.15, 0.2) is 0 Å². The van der Waals surface area contributed by atoms with E-state index in [4.69, 9.17) is 9.47 Å². The Hall–Kier alpha value is -2.42. The second-order valence-corrected chi connectivity index (χ2v) is 8.41. The van der Waals surface area contributed by atoms with Crippen molar-refractivity contribution in [1.82, 2.24) is 5.32 Å². The lowest BCUT2D eigenvalue weighted by atomic mass is 10.1. The van der Waals surface area contributed by atoms with E-state index in [0.717, 1.165) is 0 Å². The third-order valence-corrected chi connectivity index (χ3v) is 4.65. The summed E-state index contributed by atoms with van der Waals surface area (Å²) >= 11 is 1.33. The Kier molecular flexibility index (Phi) is 8.19. The monoisotopic (exact) mass is 420 g/mol. The Morgan fingerprint density at radius 3 is 2.62 bits per heavy atom. The summed E-state index contributed by atoms with van der Waals surface area (Å²) in [5, 5.41) is 17.9. The average molecular weight is 421 g/mol. The molecule has 0 radical (unpaired) electrons. The van der Waals surface area contributed by atoms with E-state index in [0.29, 0.717) is 17.1 Å². The number of aliphatic hydroxyl groups excluding tert-OH is 1. The predicted octanol–water partition coefficient (Wildman–Crippen LogP) is 3.30. The van der Waals surface area contributed by atoms with Crippen LogP contribution in [-0.4, -0.2) is 48.4 Å². The summed E-state index contributed by atoms with van der Waals surface area (Å²) in [6.45, 7) is 8.29. The first kappa shape index (κ1) is 22.9. The van der Waals surface area contributed by atoms with Gasteiger partial charge in [-0.1, -0.05) is 6.07 Å². The molecule has 1 aromatic carbocycles. The molecule has 0 bridgehead atoms. The van der Waals surface area contributed by atoms with Crippen LogP contribution in [0.5, 0.6) is 5.75 Å². The summed E-state index contributed by atoms with van der Waals surface area (Å²) in [5.74, 6) is -0.531. The van der Waals surface area contributed by atoms with Gasteiger partial charge in [-0.25, -0.2) is 4.79 Å². The molecule has 0 saturated carbocycles. The molecule has 8 heteroatoms. The highest BCUT2D eigenvalue weighted by Crippen LogP contribution is 2.25. The van der Waals surface area contributed by atoms with Gasteiger partial charge in [-0.2, -0.15) is 0 Å². The number of rotatable bonds is 9.